The lowest BCUT2D eigenvalue weighted by atomic mass is 9.97. The maximum Gasteiger partial charge on any atom is 0.188 e. The molecule has 0 bridgehead atoms. The van der Waals surface area contributed by atoms with Gasteiger partial charge in [0.2, 0.25) is 0 Å². The van der Waals surface area contributed by atoms with Crippen molar-refractivity contribution in [2.45, 2.75) is 39.0 Å². The average molecular weight is 312 g/mol. The number of nitrogens with zero attached hydrogens (tertiary/aromatic N) is 2. The standard InChI is InChI=1S/C18H20N2OS/c1-12(2)10-18-20-15(13-6-3-4-7-16(13)21-18)11-14(19-20)17-8-5-9-22-17/h3-9,12,15,18H,10-11H2,1-2H3. The summed E-state index contributed by atoms with van der Waals surface area (Å²) >= 11 is 1.76. The van der Waals surface area contributed by atoms with Crippen LogP contribution in [-0.2, 0) is 0 Å². The van der Waals surface area contributed by atoms with E-state index >= 15 is 0 Å². The molecular formula is C18H20N2OS. The number of fused-ring (bicyclic) bond motifs is 3. The summed E-state index contributed by atoms with van der Waals surface area (Å²) in [6.07, 6.45) is 2.00. The van der Waals surface area contributed by atoms with Crippen molar-refractivity contribution >= 4 is 17.0 Å². The Balaban J connectivity index is 1.72. The van der Waals surface area contributed by atoms with Gasteiger partial charge >= 0.3 is 0 Å². The predicted molar refractivity (Wildman–Crippen MR) is 90.4 cm³/mol. The summed E-state index contributed by atoms with van der Waals surface area (Å²) in [6, 6.07) is 13.0. The number of rotatable bonds is 3. The first-order valence-corrected chi connectivity index (χ1v) is 8.75. The summed E-state index contributed by atoms with van der Waals surface area (Å²) < 4.78 is 6.24. The van der Waals surface area contributed by atoms with E-state index in [-0.39, 0.29) is 6.23 Å². The van der Waals surface area contributed by atoms with Crippen LogP contribution in [0.2, 0.25) is 0 Å². The van der Waals surface area contributed by atoms with E-state index in [0.717, 1.165) is 18.6 Å². The largest absolute Gasteiger partial charge is 0.469 e. The highest BCUT2D eigenvalue weighted by atomic mass is 32.1. The quantitative estimate of drug-likeness (QED) is 0.823. The maximum atomic E-state index is 6.24. The van der Waals surface area contributed by atoms with Crippen molar-refractivity contribution in [3.8, 4) is 5.75 Å². The zero-order chi connectivity index (χ0) is 15.1. The van der Waals surface area contributed by atoms with Crippen LogP contribution in [0.1, 0.15) is 43.2 Å². The van der Waals surface area contributed by atoms with Crippen LogP contribution >= 0.6 is 11.3 Å². The van der Waals surface area contributed by atoms with Crippen LogP contribution in [0.3, 0.4) is 0 Å². The van der Waals surface area contributed by atoms with E-state index in [2.05, 4.69) is 60.6 Å². The maximum absolute atomic E-state index is 6.24. The Bertz CT molecular complexity index is 693. The molecule has 22 heavy (non-hydrogen) atoms. The highest BCUT2D eigenvalue weighted by Crippen LogP contribution is 2.44. The van der Waals surface area contributed by atoms with Crippen LogP contribution in [-0.4, -0.2) is 16.9 Å². The van der Waals surface area contributed by atoms with Crippen molar-refractivity contribution in [2.75, 3.05) is 0 Å². The third kappa shape index (κ3) is 2.31. The minimum atomic E-state index is 0.0392. The molecule has 2 aliphatic rings. The second-order valence-electron chi connectivity index (χ2n) is 6.36. The summed E-state index contributed by atoms with van der Waals surface area (Å²) in [5, 5.41) is 9.23. The number of thiophene rings is 1. The summed E-state index contributed by atoms with van der Waals surface area (Å²) in [4.78, 5) is 1.27. The molecule has 0 N–H and O–H groups in total. The van der Waals surface area contributed by atoms with Gasteiger partial charge in [-0.3, -0.25) is 5.01 Å². The van der Waals surface area contributed by atoms with Gasteiger partial charge in [0.1, 0.15) is 5.75 Å². The summed E-state index contributed by atoms with van der Waals surface area (Å²) in [5.41, 5.74) is 2.45. The van der Waals surface area contributed by atoms with E-state index in [1.54, 1.807) is 11.3 Å². The molecule has 2 aromatic rings. The van der Waals surface area contributed by atoms with Crippen LogP contribution in [0.5, 0.6) is 5.75 Å². The summed E-state index contributed by atoms with van der Waals surface area (Å²) in [6.45, 7) is 4.47. The molecule has 0 amide bonds. The fourth-order valence-corrected chi connectivity index (χ4v) is 3.98. The first-order chi connectivity index (χ1) is 10.7. The lowest BCUT2D eigenvalue weighted by Crippen LogP contribution is -2.41. The van der Waals surface area contributed by atoms with Crippen molar-refractivity contribution in [3.05, 3.63) is 52.2 Å². The Labute approximate surface area is 135 Å². The highest BCUT2D eigenvalue weighted by molar-refractivity contribution is 7.12. The Morgan fingerprint density at radius 2 is 2.14 bits per heavy atom. The SMILES string of the molecule is CC(C)CC1Oc2ccccc2C2CC(c3cccs3)=NN12. The molecule has 0 saturated heterocycles. The van der Waals surface area contributed by atoms with E-state index in [1.807, 2.05) is 0 Å². The Morgan fingerprint density at radius 3 is 2.91 bits per heavy atom. The van der Waals surface area contributed by atoms with Crippen molar-refractivity contribution in [1.82, 2.24) is 5.01 Å². The molecular weight excluding hydrogens is 292 g/mol. The molecule has 1 aromatic carbocycles. The number of ether oxygens (including phenoxy) is 1. The molecule has 114 valence electrons. The summed E-state index contributed by atoms with van der Waals surface area (Å²) in [7, 11) is 0. The first kappa shape index (κ1) is 13.8. The minimum Gasteiger partial charge on any atom is -0.469 e. The normalized spacial score (nSPS) is 23.0. The van der Waals surface area contributed by atoms with Crippen LogP contribution < -0.4 is 4.74 Å². The Kier molecular flexibility index (Phi) is 3.41. The Morgan fingerprint density at radius 1 is 1.27 bits per heavy atom. The minimum absolute atomic E-state index is 0.0392. The second kappa shape index (κ2) is 5.43. The van der Waals surface area contributed by atoms with Crippen LogP contribution in [0.15, 0.2) is 46.9 Å². The zero-order valence-corrected chi connectivity index (χ0v) is 13.7. The molecule has 0 aliphatic carbocycles. The third-order valence-corrected chi connectivity index (χ3v) is 5.18. The monoisotopic (exact) mass is 312 g/mol. The second-order valence-corrected chi connectivity index (χ2v) is 7.31. The molecule has 3 heterocycles. The Hall–Kier alpha value is -1.81. The number of benzene rings is 1. The third-order valence-electron chi connectivity index (χ3n) is 4.26. The molecule has 2 aliphatic heterocycles. The highest BCUT2D eigenvalue weighted by Gasteiger charge is 2.40. The van der Waals surface area contributed by atoms with Crippen molar-refractivity contribution in [2.24, 2.45) is 11.0 Å². The molecule has 2 atom stereocenters. The fraction of sp³-hybridized carbons (Fsp3) is 0.389. The molecule has 0 radical (unpaired) electrons. The number of hydrogen-bond acceptors (Lipinski definition) is 4. The van der Waals surface area contributed by atoms with Crippen LogP contribution in [0.25, 0.3) is 0 Å². The van der Waals surface area contributed by atoms with Crippen LogP contribution in [0, 0.1) is 5.92 Å². The smallest absolute Gasteiger partial charge is 0.188 e. The van der Waals surface area contributed by atoms with Crippen molar-refractivity contribution < 1.29 is 4.74 Å². The van der Waals surface area contributed by atoms with E-state index in [1.165, 1.54) is 16.2 Å². The van der Waals surface area contributed by atoms with Gasteiger partial charge in [-0.25, -0.2) is 0 Å². The molecule has 4 heteroatoms. The topological polar surface area (TPSA) is 24.8 Å². The lowest BCUT2D eigenvalue weighted by Gasteiger charge is -2.38. The molecule has 1 aromatic heterocycles. The van der Waals surface area contributed by atoms with Gasteiger partial charge in [0, 0.05) is 18.4 Å². The van der Waals surface area contributed by atoms with Gasteiger partial charge < -0.3 is 4.74 Å². The first-order valence-electron chi connectivity index (χ1n) is 7.87. The van der Waals surface area contributed by atoms with Gasteiger partial charge in [0.25, 0.3) is 0 Å². The zero-order valence-electron chi connectivity index (χ0n) is 12.9. The lowest BCUT2D eigenvalue weighted by molar-refractivity contribution is -0.0291. The van der Waals surface area contributed by atoms with Crippen LogP contribution in [0.4, 0.5) is 0 Å². The molecule has 2 unspecified atom stereocenters. The van der Waals surface area contributed by atoms with Gasteiger partial charge in [-0.2, -0.15) is 5.10 Å². The van der Waals surface area contributed by atoms with Gasteiger partial charge in [0.05, 0.1) is 16.6 Å². The van der Waals surface area contributed by atoms with Gasteiger partial charge in [-0.1, -0.05) is 38.1 Å². The predicted octanol–water partition coefficient (Wildman–Crippen LogP) is 4.66. The fourth-order valence-electron chi connectivity index (χ4n) is 3.26. The number of hydrogen-bond donors (Lipinski definition) is 0. The molecule has 0 saturated carbocycles. The van der Waals surface area contributed by atoms with Gasteiger partial charge in [0.15, 0.2) is 6.23 Å². The van der Waals surface area contributed by atoms with Crippen molar-refractivity contribution in [1.29, 1.82) is 0 Å². The molecule has 3 nitrogen and oxygen atoms in total. The van der Waals surface area contributed by atoms with E-state index in [0.29, 0.717) is 12.0 Å². The van der Waals surface area contributed by atoms with E-state index in [9.17, 15) is 0 Å². The van der Waals surface area contributed by atoms with Gasteiger partial charge in [-0.15, -0.1) is 11.3 Å². The van der Waals surface area contributed by atoms with E-state index in [4.69, 9.17) is 9.84 Å². The van der Waals surface area contributed by atoms with Gasteiger partial charge in [-0.05, 0) is 23.4 Å². The average Bonchev–Trinajstić information content (AvgIpc) is 3.16. The summed E-state index contributed by atoms with van der Waals surface area (Å²) in [5.74, 6) is 1.61. The number of para-hydroxylation sites is 1. The molecule has 0 spiro atoms. The van der Waals surface area contributed by atoms with Crippen molar-refractivity contribution in [3.63, 3.8) is 0 Å². The van der Waals surface area contributed by atoms with E-state index < -0.39 is 0 Å². The number of hydrazone groups is 1. The molecule has 0 fully saturated rings. The molecule has 4 rings (SSSR count).